The molecule has 1 aromatic heterocycles. The quantitative estimate of drug-likeness (QED) is 0.125. The Balaban J connectivity index is 0.00000420. The molecule has 0 saturated heterocycles. The number of aromatic nitrogens is 2. The number of aliphatic carboxylic acids is 1. The SMILES string of the molecule is CCOC(=O)c1ccc(C/C(C(=O)c2ccc(OC(C)C)cc2)=C(\C(=O)[O-])c2ccc3nsnc3c2)cc1.[Na+]. The topological polar surface area (TPSA) is 119 Å². The van der Waals surface area contributed by atoms with Gasteiger partial charge in [0.1, 0.15) is 16.8 Å². The molecule has 0 saturated carbocycles. The number of fused-ring (bicyclic) bond motifs is 1. The summed E-state index contributed by atoms with van der Waals surface area (Å²) < 4.78 is 19.0. The van der Waals surface area contributed by atoms with Crippen LogP contribution in [0.1, 0.15) is 52.6 Å². The number of Topliss-reactive ketones (excluding diaryl/α,β-unsaturated/α-hetero) is 1. The van der Waals surface area contributed by atoms with E-state index >= 15 is 0 Å². The van der Waals surface area contributed by atoms with Crippen molar-refractivity contribution in [3.8, 4) is 5.75 Å². The molecule has 0 bridgehead atoms. The summed E-state index contributed by atoms with van der Waals surface area (Å²) >= 11 is 1.01. The van der Waals surface area contributed by atoms with Crippen molar-refractivity contribution in [3.05, 3.63) is 94.6 Å². The fourth-order valence-corrected chi connectivity index (χ4v) is 4.46. The van der Waals surface area contributed by atoms with Crippen LogP contribution in [0.5, 0.6) is 5.75 Å². The number of ketones is 1. The van der Waals surface area contributed by atoms with Gasteiger partial charge in [-0.15, -0.1) is 0 Å². The van der Waals surface area contributed by atoms with Gasteiger partial charge >= 0.3 is 35.5 Å². The summed E-state index contributed by atoms with van der Waals surface area (Å²) in [7, 11) is 0. The molecule has 1 heterocycles. The Morgan fingerprint density at radius 2 is 1.49 bits per heavy atom. The molecule has 0 aliphatic rings. The molecule has 0 aliphatic heterocycles. The van der Waals surface area contributed by atoms with Crippen LogP contribution in [-0.4, -0.2) is 39.2 Å². The first-order chi connectivity index (χ1) is 18.3. The molecule has 4 rings (SSSR count). The van der Waals surface area contributed by atoms with Crippen LogP contribution >= 0.6 is 11.7 Å². The van der Waals surface area contributed by atoms with E-state index in [0.717, 1.165) is 11.7 Å². The molecule has 194 valence electrons. The fraction of sp³-hybridized carbons (Fsp3) is 0.207. The van der Waals surface area contributed by atoms with E-state index < -0.39 is 17.7 Å². The van der Waals surface area contributed by atoms with Gasteiger partial charge in [-0.1, -0.05) is 18.2 Å². The number of carboxylic acid groups (broad SMARTS) is 1. The number of hydrogen-bond acceptors (Lipinski definition) is 9. The number of ether oxygens (including phenoxy) is 2. The van der Waals surface area contributed by atoms with E-state index in [1.54, 1.807) is 73.7 Å². The number of hydrogen-bond donors (Lipinski definition) is 0. The second-order valence-electron chi connectivity index (χ2n) is 8.72. The first-order valence-electron chi connectivity index (χ1n) is 12.0. The zero-order valence-corrected chi connectivity index (χ0v) is 24.9. The Hall–Kier alpha value is -3.37. The molecule has 8 nitrogen and oxygen atoms in total. The van der Waals surface area contributed by atoms with Crippen LogP contribution in [-0.2, 0) is 16.0 Å². The Kier molecular flexibility index (Phi) is 10.5. The van der Waals surface area contributed by atoms with Gasteiger partial charge in [0.05, 0.1) is 36.0 Å². The summed E-state index contributed by atoms with van der Waals surface area (Å²) in [6, 6.07) is 17.9. The molecule has 0 radical (unpaired) electrons. The maximum Gasteiger partial charge on any atom is 1.00 e. The number of benzene rings is 3. The van der Waals surface area contributed by atoms with Crippen molar-refractivity contribution in [3.63, 3.8) is 0 Å². The van der Waals surface area contributed by atoms with Crippen molar-refractivity contribution >= 4 is 46.1 Å². The Morgan fingerprint density at radius 3 is 2.10 bits per heavy atom. The van der Waals surface area contributed by atoms with Crippen LogP contribution in [0.2, 0.25) is 0 Å². The van der Waals surface area contributed by atoms with E-state index in [0.29, 0.717) is 33.5 Å². The number of carbonyl (C=O) groups is 3. The molecule has 3 aromatic carbocycles. The molecule has 0 aliphatic carbocycles. The zero-order valence-electron chi connectivity index (χ0n) is 22.1. The van der Waals surface area contributed by atoms with Crippen molar-refractivity contribution in [1.29, 1.82) is 0 Å². The van der Waals surface area contributed by atoms with Crippen molar-refractivity contribution < 1.29 is 58.5 Å². The zero-order chi connectivity index (χ0) is 27.2. The third-order valence-electron chi connectivity index (χ3n) is 5.66. The van der Waals surface area contributed by atoms with Gasteiger partial charge in [0.25, 0.3) is 0 Å². The summed E-state index contributed by atoms with van der Waals surface area (Å²) in [5.41, 5.74) is 2.53. The molecule has 0 amide bonds. The van der Waals surface area contributed by atoms with Crippen LogP contribution in [0, 0.1) is 0 Å². The van der Waals surface area contributed by atoms with Gasteiger partial charge in [-0.3, -0.25) is 4.79 Å². The molecule has 0 N–H and O–H groups in total. The Morgan fingerprint density at radius 1 is 0.872 bits per heavy atom. The van der Waals surface area contributed by atoms with Crippen molar-refractivity contribution in [2.45, 2.75) is 33.3 Å². The Labute approximate surface area is 252 Å². The monoisotopic (exact) mass is 552 g/mol. The van der Waals surface area contributed by atoms with Gasteiger partial charge in [0.2, 0.25) is 0 Å². The molecule has 0 fully saturated rings. The van der Waals surface area contributed by atoms with Crippen LogP contribution < -0.4 is 39.4 Å². The number of rotatable bonds is 10. The number of carboxylic acids is 1. The minimum atomic E-state index is -1.49. The van der Waals surface area contributed by atoms with E-state index in [2.05, 4.69) is 8.75 Å². The summed E-state index contributed by atoms with van der Waals surface area (Å²) in [4.78, 5) is 38.3. The van der Waals surface area contributed by atoms with E-state index in [9.17, 15) is 19.5 Å². The first-order valence-corrected chi connectivity index (χ1v) is 12.7. The summed E-state index contributed by atoms with van der Waals surface area (Å²) in [5, 5.41) is 12.5. The van der Waals surface area contributed by atoms with Gasteiger partial charge in [0.15, 0.2) is 5.78 Å². The maximum absolute atomic E-state index is 13.8. The summed E-state index contributed by atoms with van der Waals surface area (Å²) in [5.74, 6) is -1.82. The van der Waals surface area contributed by atoms with E-state index in [4.69, 9.17) is 9.47 Å². The third-order valence-corrected chi connectivity index (χ3v) is 6.21. The maximum atomic E-state index is 13.8. The van der Waals surface area contributed by atoms with Crippen LogP contribution in [0.4, 0.5) is 0 Å². The van der Waals surface area contributed by atoms with Gasteiger partial charge in [0, 0.05) is 23.1 Å². The van der Waals surface area contributed by atoms with Gasteiger partial charge in [-0.2, -0.15) is 8.75 Å². The van der Waals surface area contributed by atoms with E-state index in [-0.39, 0.29) is 65.4 Å². The average Bonchev–Trinajstić information content (AvgIpc) is 3.36. The van der Waals surface area contributed by atoms with E-state index in [1.165, 1.54) is 0 Å². The summed E-state index contributed by atoms with van der Waals surface area (Å²) in [6.07, 6.45) is -0.0487. The minimum absolute atomic E-state index is 0. The summed E-state index contributed by atoms with van der Waals surface area (Å²) in [6.45, 7) is 5.76. The average molecular weight is 553 g/mol. The largest absolute Gasteiger partial charge is 1.00 e. The van der Waals surface area contributed by atoms with Gasteiger partial charge in [-0.05, 0) is 80.4 Å². The number of carbonyl (C=O) groups excluding carboxylic acids is 3. The molecule has 0 spiro atoms. The van der Waals surface area contributed by atoms with Crippen molar-refractivity contribution in [2.24, 2.45) is 0 Å². The molecule has 0 unspecified atom stereocenters. The molecule has 39 heavy (non-hydrogen) atoms. The van der Waals surface area contributed by atoms with Crippen LogP contribution in [0.15, 0.2) is 72.3 Å². The molecular weight excluding hydrogens is 527 g/mol. The normalized spacial score (nSPS) is 11.5. The molecule has 0 atom stereocenters. The standard InChI is InChI=1S/C29H26N2O6S.Na/c1-4-36-29(35)20-7-5-18(6-8-20)15-23(27(32)19-9-12-22(13-10-19)37-17(2)3)26(28(33)34)21-11-14-24-25(16-21)31-38-30-24;/h5-14,16-17H,4,15H2,1-3H3,(H,33,34);/q;+1/p-1/b26-23+;. The fourth-order valence-electron chi connectivity index (χ4n) is 3.94. The number of nitrogens with zero attached hydrogens (tertiary/aromatic N) is 2. The van der Waals surface area contributed by atoms with E-state index in [1.807, 2.05) is 13.8 Å². The number of esters is 1. The molecular formula is C29H25N2NaO6S. The van der Waals surface area contributed by atoms with Gasteiger partial charge < -0.3 is 19.4 Å². The predicted molar refractivity (Wildman–Crippen MR) is 142 cm³/mol. The Bertz CT molecular complexity index is 1510. The predicted octanol–water partition coefficient (Wildman–Crippen LogP) is 1.29. The van der Waals surface area contributed by atoms with Crippen LogP contribution in [0.25, 0.3) is 16.6 Å². The van der Waals surface area contributed by atoms with Crippen molar-refractivity contribution in [2.75, 3.05) is 6.61 Å². The number of allylic oxidation sites excluding steroid dienone is 1. The minimum Gasteiger partial charge on any atom is -0.545 e. The smallest absolute Gasteiger partial charge is 0.545 e. The molecule has 10 heteroatoms. The molecule has 4 aromatic rings. The van der Waals surface area contributed by atoms with Gasteiger partial charge in [-0.25, -0.2) is 4.79 Å². The second kappa shape index (κ2) is 13.6. The second-order valence-corrected chi connectivity index (χ2v) is 9.25. The first kappa shape index (κ1) is 30.2. The van der Waals surface area contributed by atoms with Crippen molar-refractivity contribution in [1.82, 2.24) is 8.75 Å². The van der Waals surface area contributed by atoms with Crippen LogP contribution in [0.3, 0.4) is 0 Å². The third kappa shape index (κ3) is 7.39.